The zero-order chi connectivity index (χ0) is 8.43. The van der Waals surface area contributed by atoms with Crippen molar-refractivity contribution in [1.82, 2.24) is 0 Å². The Hall–Kier alpha value is -0.0900. The predicted octanol–water partition coefficient (Wildman–Crippen LogP) is 1.78. The Balaban J connectivity index is 2.84. The molecule has 0 spiro atoms. The van der Waals surface area contributed by atoms with Gasteiger partial charge >= 0.3 is 0 Å². The molecule has 1 heterocycles. The molecule has 0 radical (unpaired) electrons. The molecular formula is C7H10ClNOS. The first-order valence-electron chi connectivity index (χ1n) is 3.29. The van der Waals surface area contributed by atoms with Gasteiger partial charge in [-0.05, 0) is 18.4 Å². The van der Waals surface area contributed by atoms with E-state index in [-0.39, 0.29) is 6.04 Å². The van der Waals surface area contributed by atoms with E-state index in [1.54, 1.807) is 6.92 Å². The summed E-state index contributed by atoms with van der Waals surface area (Å²) in [5.41, 5.74) is 6.48. The van der Waals surface area contributed by atoms with Gasteiger partial charge < -0.3 is 10.8 Å². The van der Waals surface area contributed by atoms with Crippen LogP contribution in [0.25, 0.3) is 0 Å². The van der Waals surface area contributed by atoms with E-state index >= 15 is 0 Å². The topological polar surface area (TPSA) is 46.2 Å². The van der Waals surface area contributed by atoms with E-state index in [0.29, 0.717) is 4.34 Å². The van der Waals surface area contributed by atoms with Crippen LogP contribution in [0, 0.1) is 0 Å². The van der Waals surface area contributed by atoms with Crippen LogP contribution in [-0.4, -0.2) is 11.2 Å². The number of aliphatic hydroxyl groups excluding tert-OH is 1. The Morgan fingerprint density at radius 3 is 2.73 bits per heavy atom. The normalized spacial score (nSPS) is 16.4. The standard InChI is InChI=1S/C7H10ClNOS/c1-4(10)6(9)5-2-3-11-7(5)8/h2-4,6,10H,9H2,1H3/t4-,6-/m0/s1. The number of rotatable bonds is 2. The molecule has 3 N–H and O–H groups in total. The Kier molecular flexibility index (Phi) is 2.90. The quantitative estimate of drug-likeness (QED) is 0.749. The zero-order valence-corrected chi connectivity index (χ0v) is 7.69. The van der Waals surface area contributed by atoms with E-state index in [0.717, 1.165) is 5.56 Å². The Morgan fingerprint density at radius 1 is 1.73 bits per heavy atom. The fourth-order valence-electron chi connectivity index (χ4n) is 0.803. The first-order chi connectivity index (χ1) is 5.13. The average molecular weight is 192 g/mol. The van der Waals surface area contributed by atoms with Crippen molar-refractivity contribution < 1.29 is 5.11 Å². The highest BCUT2D eigenvalue weighted by Gasteiger charge is 2.15. The summed E-state index contributed by atoms with van der Waals surface area (Å²) >= 11 is 7.23. The largest absolute Gasteiger partial charge is 0.391 e. The van der Waals surface area contributed by atoms with Gasteiger partial charge in [0.1, 0.15) is 0 Å². The number of nitrogens with two attached hydrogens (primary N) is 1. The van der Waals surface area contributed by atoms with Gasteiger partial charge in [-0.2, -0.15) is 0 Å². The van der Waals surface area contributed by atoms with Gasteiger partial charge in [0.15, 0.2) is 0 Å². The van der Waals surface area contributed by atoms with Crippen molar-refractivity contribution in [3.05, 3.63) is 21.3 Å². The SMILES string of the molecule is C[C@H](O)[C@H](N)c1ccsc1Cl. The fourth-order valence-corrected chi connectivity index (χ4v) is 1.82. The van der Waals surface area contributed by atoms with Gasteiger partial charge in [0.05, 0.1) is 16.5 Å². The third-order valence-corrected chi connectivity index (χ3v) is 2.73. The van der Waals surface area contributed by atoms with Gasteiger partial charge in [-0.3, -0.25) is 0 Å². The minimum absolute atomic E-state index is 0.367. The summed E-state index contributed by atoms with van der Waals surface area (Å²) in [6.45, 7) is 1.65. The monoisotopic (exact) mass is 191 g/mol. The van der Waals surface area contributed by atoms with E-state index in [4.69, 9.17) is 22.4 Å². The molecule has 0 aliphatic carbocycles. The number of hydrogen-bond acceptors (Lipinski definition) is 3. The molecule has 0 aromatic carbocycles. The van der Waals surface area contributed by atoms with Crippen LogP contribution in [0.5, 0.6) is 0 Å². The maximum atomic E-state index is 9.14. The molecule has 0 fully saturated rings. The summed E-state index contributed by atoms with van der Waals surface area (Å²) in [5, 5.41) is 11.0. The summed E-state index contributed by atoms with van der Waals surface area (Å²) in [7, 11) is 0. The molecule has 62 valence electrons. The van der Waals surface area contributed by atoms with Crippen LogP contribution >= 0.6 is 22.9 Å². The molecule has 0 unspecified atom stereocenters. The molecular weight excluding hydrogens is 182 g/mol. The lowest BCUT2D eigenvalue weighted by molar-refractivity contribution is 0.164. The lowest BCUT2D eigenvalue weighted by Gasteiger charge is -2.13. The molecule has 2 atom stereocenters. The van der Waals surface area contributed by atoms with E-state index in [9.17, 15) is 0 Å². The van der Waals surface area contributed by atoms with Gasteiger partial charge in [0.2, 0.25) is 0 Å². The number of hydrogen-bond donors (Lipinski definition) is 2. The molecule has 0 amide bonds. The molecule has 11 heavy (non-hydrogen) atoms. The van der Waals surface area contributed by atoms with E-state index < -0.39 is 6.10 Å². The summed E-state index contributed by atoms with van der Waals surface area (Å²) in [4.78, 5) is 0. The number of aliphatic hydroxyl groups is 1. The van der Waals surface area contributed by atoms with Crippen molar-refractivity contribution in [3.8, 4) is 0 Å². The van der Waals surface area contributed by atoms with Gasteiger partial charge in [0, 0.05) is 5.56 Å². The third-order valence-electron chi connectivity index (χ3n) is 1.52. The lowest BCUT2D eigenvalue weighted by Crippen LogP contribution is -2.22. The second-order valence-corrected chi connectivity index (χ2v) is 3.93. The van der Waals surface area contributed by atoms with Gasteiger partial charge in [0.25, 0.3) is 0 Å². The van der Waals surface area contributed by atoms with Crippen molar-refractivity contribution in [2.45, 2.75) is 19.1 Å². The van der Waals surface area contributed by atoms with Gasteiger partial charge in [-0.15, -0.1) is 11.3 Å². The Bertz CT molecular complexity index is 236. The van der Waals surface area contributed by atoms with Crippen LogP contribution in [0.1, 0.15) is 18.5 Å². The minimum Gasteiger partial charge on any atom is -0.391 e. The number of thiophene rings is 1. The molecule has 1 aromatic rings. The summed E-state index contributed by atoms with van der Waals surface area (Å²) in [6.07, 6.45) is -0.554. The van der Waals surface area contributed by atoms with Crippen LogP contribution in [0.4, 0.5) is 0 Å². The van der Waals surface area contributed by atoms with E-state index in [1.165, 1.54) is 11.3 Å². The molecule has 2 nitrogen and oxygen atoms in total. The smallest absolute Gasteiger partial charge is 0.0977 e. The van der Waals surface area contributed by atoms with Crippen molar-refractivity contribution in [2.24, 2.45) is 5.73 Å². The highest BCUT2D eigenvalue weighted by molar-refractivity contribution is 7.14. The zero-order valence-electron chi connectivity index (χ0n) is 6.12. The molecule has 1 rings (SSSR count). The first kappa shape index (κ1) is 9.00. The van der Waals surface area contributed by atoms with Crippen molar-refractivity contribution in [1.29, 1.82) is 0 Å². The van der Waals surface area contributed by atoms with E-state index in [2.05, 4.69) is 0 Å². The van der Waals surface area contributed by atoms with Crippen molar-refractivity contribution in [2.75, 3.05) is 0 Å². The van der Waals surface area contributed by atoms with Crippen LogP contribution in [0.15, 0.2) is 11.4 Å². The molecule has 0 saturated carbocycles. The third kappa shape index (κ3) is 1.93. The summed E-state index contributed by atoms with van der Waals surface area (Å²) < 4.78 is 0.665. The summed E-state index contributed by atoms with van der Waals surface area (Å²) in [6, 6.07) is 1.47. The second kappa shape index (κ2) is 3.54. The minimum atomic E-state index is -0.554. The molecule has 0 aliphatic rings. The average Bonchev–Trinajstić information content (AvgIpc) is 2.33. The molecule has 1 aromatic heterocycles. The van der Waals surface area contributed by atoms with Crippen molar-refractivity contribution >= 4 is 22.9 Å². The predicted molar refractivity (Wildman–Crippen MR) is 47.9 cm³/mol. The highest BCUT2D eigenvalue weighted by atomic mass is 35.5. The number of halogens is 1. The molecule has 0 aliphatic heterocycles. The first-order valence-corrected chi connectivity index (χ1v) is 4.55. The molecule has 4 heteroatoms. The molecule has 0 saturated heterocycles. The van der Waals surface area contributed by atoms with Gasteiger partial charge in [-0.25, -0.2) is 0 Å². The van der Waals surface area contributed by atoms with Crippen molar-refractivity contribution in [3.63, 3.8) is 0 Å². The fraction of sp³-hybridized carbons (Fsp3) is 0.429. The van der Waals surface area contributed by atoms with Crippen LogP contribution in [-0.2, 0) is 0 Å². The van der Waals surface area contributed by atoms with E-state index in [1.807, 2.05) is 11.4 Å². The van der Waals surface area contributed by atoms with Crippen LogP contribution < -0.4 is 5.73 Å². The van der Waals surface area contributed by atoms with Crippen LogP contribution in [0.3, 0.4) is 0 Å². The second-order valence-electron chi connectivity index (χ2n) is 2.42. The lowest BCUT2D eigenvalue weighted by atomic mass is 10.1. The van der Waals surface area contributed by atoms with Gasteiger partial charge in [-0.1, -0.05) is 11.6 Å². The Morgan fingerprint density at radius 2 is 2.36 bits per heavy atom. The molecule has 0 bridgehead atoms. The van der Waals surface area contributed by atoms with Crippen LogP contribution in [0.2, 0.25) is 4.34 Å². The summed E-state index contributed by atoms with van der Waals surface area (Å²) in [5.74, 6) is 0. The highest BCUT2D eigenvalue weighted by Crippen LogP contribution is 2.28. The maximum Gasteiger partial charge on any atom is 0.0977 e. The Labute approximate surface area is 74.6 Å². The maximum absolute atomic E-state index is 9.14.